The molecule has 3 rings (SSSR count). The standard InChI is InChI=1S/C14H21ClN4/c1-4-19-13-12(10(2)17-19)16-11(5-8-15)18(13)9-14(3)6-7-14/h4-9H2,1-3H3. The van der Waals surface area contributed by atoms with Crippen molar-refractivity contribution in [1.82, 2.24) is 19.3 Å². The summed E-state index contributed by atoms with van der Waals surface area (Å²) < 4.78 is 4.43. The highest BCUT2D eigenvalue weighted by molar-refractivity contribution is 6.17. The van der Waals surface area contributed by atoms with Crippen LogP contribution in [0.3, 0.4) is 0 Å². The van der Waals surface area contributed by atoms with Crippen LogP contribution in [0.4, 0.5) is 0 Å². The Bertz CT molecular complexity index is 607. The third-order valence-corrected chi connectivity index (χ3v) is 4.33. The molecule has 1 fully saturated rings. The lowest BCUT2D eigenvalue weighted by Crippen LogP contribution is -2.14. The smallest absolute Gasteiger partial charge is 0.158 e. The molecule has 0 atom stereocenters. The van der Waals surface area contributed by atoms with E-state index in [9.17, 15) is 0 Å². The van der Waals surface area contributed by atoms with Crippen molar-refractivity contribution < 1.29 is 0 Å². The monoisotopic (exact) mass is 280 g/mol. The second kappa shape index (κ2) is 4.51. The molecule has 0 spiro atoms. The Morgan fingerprint density at radius 1 is 1.37 bits per heavy atom. The maximum Gasteiger partial charge on any atom is 0.158 e. The molecule has 2 heterocycles. The first kappa shape index (κ1) is 13.0. The van der Waals surface area contributed by atoms with Crippen LogP contribution in [-0.2, 0) is 19.5 Å². The molecule has 0 radical (unpaired) electrons. The van der Waals surface area contributed by atoms with Gasteiger partial charge in [0.05, 0.1) is 5.69 Å². The Morgan fingerprint density at radius 3 is 2.68 bits per heavy atom. The Kier molecular flexibility index (Phi) is 3.08. The Hall–Kier alpha value is -1.03. The van der Waals surface area contributed by atoms with Crippen molar-refractivity contribution in [2.45, 2.75) is 53.1 Å². The lowest BCUT2D eigenvalue weighted by molar-refractivity contribution is 0.454. The highest BCUT2D eigenvalue weighted by Gasteiger charge is 2.38. The van der Waals surface area contributed by atoms with E-state index in [-0.39, 0.29) is 0 Å². The highest BCUT2D eigenvalue weighted by Crippen LogP contribution is 2.47. The quantitative estimate of drug-likeness (QED) is 0.789. The topological polar surface area (TPSA) is 35.6 Å². The van der Waals surface area contributed by atoms with Gasteiger partial charge in [0, 0.05) is 25.4 Å². The number of fused-ring (bicyclic) bond motifs is 1. The number of hydrogen-bond acceptors (Lipinski definition) is 2. The van der Waals surface area contributed by atoms with Crippen LogP contribution in [0.2, 0.25) is 0 Å². The first-order chi connectivity index (χ1) is 9.08. The van der Waals surface area contributed by atoms with Gasteiger partial charge in [-0.15, -0.1) is 11.6 Å². The van der Waals surface area contributed by atoms with Gasteiger partial charge in [0.2, 0.25) is 0 Å². The van der Waals surface area contributed by atoms with Gasteiger partial charge in [-0.25, -0.2) is 9.67 Å². The maximum absolute atomic E-state index is 5.93. The molecule has 0 aromatic carbocycles. The van der Waals surface area contributed by atoms with Gasteiger partial charge in [-0.05, 0) is 32.1 Å². The molecule has 1 aliphatic rings. The molecule has 1 aliphatic carbocycles. The van der Waals surface area contributed by atoms with Gasteiger partial charge in [-0.3, -0.25) is 0 Å². The molecule has 4 nitrogen and oxygen atoms in total. The molecular weight excluding hydrogens is 260 g/mol. The summed E-state index contributed by atoms with van der Waals surface area (Å²) in [6.45, 7) is 8.44. The molecule has 0 N–H and O–H groups in total. The average Bonchev–Trinajstić information content (AvgIpc) is 2.88. The summed E-state index contributed by atoms with van der Waals surface area (Å²) in [5, 5.41) is 4.58. The first-order valence-electron chi connectivity index (χ1n) is 7.06. The second-order valence-electron chi connectivity index (χ2n) is 5.94. The molecular formula is C14H21ClN4. The van der Waals surface area contributed by atoms with Crippen LogP contribution in [-0.4, -0.2) is 25.2 Å². The summed E-state index contributed by atoms with van der Waals surface area (Å²) in [5.74, 6) is 1.73. The van der Waals surface area contributed by atoms with E-state index in [4.69, 9.17) is 16.6 Å². The number of imidazole rings is 1. The zero-order valence-electron chi connectivity index (χ0n) is 11.9. The van der Waals surface area contributed by atoms with Crippen LogP contribution >= 0.6 is 11.6 Å². The number of aryl methyl sites for hydroxylation is 3. The minimum Gasteiger partial charge on any atom is -0.312 e. The van der Waals surface area contributed by atoms with Crippen LogP contribution in [0.15, 0.2) is 0 Å². The SMILES string of the molecule is CCn1nc(C)c2nc(CCCl)n(CC3(C)CC3)c21. The van der Waals surface area contributed by atoms with Crippen molar-refractivity contribution in [3.8, 4) is 0 Å². The molecule has 104 valence electrons. The van der Waals surface area contributed by atoms with E-state index in [1.807, 2.05) is 6.92 Å². The molecule has 0 amide bonds. The Labute approximate surface area is 118 Å². The summed E-state index contributed by atoms with van der Waals surface area (Å²) in [7, 11) is 0. The van der Waals surface area contributed by atoms with Gasteiger partial charge >= 0.3 is 0 Å². The number of alkyl halides is 1. The van der Waals surface area contributed by atoms with Crippen molar-refractivity contribution in [3.63, 3.8) is 0 Å². The summed E-state index contributed by atoms with van der Waals surface area (Å²) >= 11 is 5.93. The Balaban J connectivity index is 2.14. The average molecular weight is 281 g/mol. The highest BCUT2D eigenvalue weighted by atomic mass is 35.5. The number of hydrogen-bond donors (Lipinski definition) is 0. The molecule has 5 heteroatoms. The van der Waals surface area contributed by atoms with E-state index in [1.165, 1.54) is 18.5 Å². The van der Waals surface area contributed by atoms with Crippen LogP contribution in [0.25, 0.3) is 11.2 Å². The third-order valence-electron chi connectivity index (χ3n) is 4.14. The predicted octanol–water partition coefficient (Wildman–Crippen LogP) is 3.14. The maximum atomic E-state index is 5.93. The number of nitrogens with zero attached hydrogens (tertiary/aromatic N) is 4. The van der Waals surface area contributed by atoms with E-state index in [2.05, 4.69) is 28.2 Å². The zero-order chi connectivity index (χ0) is 13.6. The van der Waals surface area contributed by atoms with Gasteiger partial charge in [-0.2, -0.15) is 5.10 Å². The van der Waals surface area contributed by atoms with Crippen molar-refractivity contribution >= 4 is 22.8 Å². The van der Waals surface area contributed by atoms with E-state index >= 15 is 0 Å². The number of rotatable bonds is 5. The van der Waals surface area contributed by atoms with E-state index in [1.54, 1.807) is 0 Å². The van der Waals surface area contributed by atoms with Crippen molar-refractivity contribution in [3.05, 3.63) is 11.5 Å². The predicted molar refractivity (Wildman–Crippen MR) is 77.7 cm³/mol. The summed E-state index contributed by atoms with van der Waals surface area (Å²) in [4.78, 5) is 4.78. The number of aromatic nitrogens is 4. The zero-order valence-corrected chi connectivity index (χ0v) is 12.7. The van der Waals surface area contributed by atoms with E-state index in [0.29, 0.717) is 11.3 Å². The molecule has 0 unspecified atom stereocenters. The van der Waals surface area contributed by atoms with Crippen molar-refractivity contribution in [2.75, 3.05) is 5.88 Å². The van der Waals surface area contributed by atoms with Crippen LogP contribution < -0.4 is 0 Å². The molecule has 2 aromatic heterocycles. The molecule has 2 aromatic rings. The second-order valence-corrected chi connectivity index (χ2v) is 6.32. The molecule has 1 saturated carbocycles. The van der Waals surface area contributed by atoms with Crippen molar-refractivity contribution in [2.24, 2.45) is 5.41 Å². The van der Waals surface area contributed by atoms with Gasteiger partial charge in [-0.1, -0.05) is 6.92 Å². The van der Waals surface area contributed by atoms with Gasteiger partial charge < -0.3 is 4.57 Å². The molecule has 19 heavy (non-hydrogen) atoms. The normalized spacial score (nSPS) is 17.3. The third kappa shape index (κ3) is 2.16. The van der Waals surface area contributed by atoms with Crippen LogP contribution in [0.1, 0.15) is 38.2 Å². The van der Waals surface area contributed by atoms with E-state index < -0.39 is 0 Å². The van der Waals surface area contributed by atoms with Gasteiger partial charge in [0.1, 0.15) is 11.3 Å². The summed E-state index contributed by atoms with van der Waals surface area (Å²) in [5.41, 5.74) is 3.69. The molecule has 0 saturated heterocycles. The summed E-state index contributed by atoms with van der Waals surface area (Å²) in [6.07, 6.45) is 3.45. The fourth-order valence-electron chi connectivity index (χ4n) is 2.68. The minimum atomic E-state index is 0.450. The largest absolute Gasteiger partial charge is 0.312 e. The van der Waals surface area contributed by atoms with Gasteiger partial charge in [0.15, 0.2) is 5.65 Å². The van der Waals surface area contributed by atoms with Crippen molar-refractivity contribution in [1.29, 1.82) is 0 Å². The minimum absolute atomic E-state index is 0.450. The molecule has 0 bridgehead atoms. The van der Waals surface area contributed by atoms with Crippen LogP contribution in [0.5, 0.6) is 0 Å². The molecule has 0 aliphatic heterocycles. The Morgan fingerprint density at radius 2 is 2.11 bits per heavy atom. The number of halogens is 1. The lowest BCUT2D eigenvalue weighted by Gasteiger charge is -2.14. The van der Waals surface area contributed by atoms with Crippen LogP contribution in [0, 0.1) is 12.3 Å². The fourth-order valence-corrected chi connectivity index (χ4v) is 2.85. The summed E-state index contributed by atoms with van der Waals surface area (Å²) in [6, 6.07) is 0. The lowest BCUT2D eigenvalue weighted by atomic mass is 10.1. The van der Waals surface area contributed by atoms with Gasteiger partial charge in [0.25, 0.3) is 0 Å². The van der Waals surface area contributed by atoms with E-state index in [0.717, 1.165) is 36.5 Å². The first-order valence-corrected chi connectivity index (χ1v) is 7.60. The fraction of sp³-hybridized carbons (Fsp3) is 0.714.